The molecule has 0 heterocycles. The van der Waals surface area contributed by atoms with Crippen molar-refractivity contribution < 1.29 is 8.42 Å². The third kappa shape index (κ3) is 3.26. The van der Waals surface area contributed by atoms with Crippen LogP contribution < -0.4 is 4.72 Å². The number of benzene rings is 1. The van der Waals surface area contributed by atoms with Gasteiger partial charge in [0.05, 0.1) is 4.90 Å². The van der Waals surface area contributed by atoms with Crippen LogP contribution in [0, 0.1) is 5.92 Å². The molecule has 1 fully saturated rings. The van der Waals surface area contributed by atoms with Gasteiger partial charge in [0.15, 0.2) is 0 Å². The molecule has 0 spiro atoms. The van der Waals surface area contributed by atoms with Gasteiger partial charge in [-0.2, -0.15) is 0 Å². The summed E-state index contributed by atoms with van der Waals surface area (Å²) in [5, 5.41) is 0. The summed E-state index contributed by atoms with van der Waals surface area (Å²) in [5.74, 6) is 0.755. The Hall–Kier alpha value is -0.100. The highest BCUT2D eigenvalue weighted by molar-refractivity contribution is 9.10. The predicted molar refractivity (Wildman–Crippen MR) is 76.3 cm³/mol. The maximum absolute atomic E-state index is 12.2. The highest BCUT2D eigenvalue weighted by Crippen LogP contribution is 2.28. The Labute approximate surface area is 121 Å². The van der Waals surface area contributed by atoms with Crippen molar-refractivity contribution in [1.82, 2.24) is 4.72 Å². The smallest absolute Gasteiger partial charge is 0.208 e. The number of nitrogens with one attached hydrogen (secondary N) is 1. The topological polar surface area (TPSA) is 46.2 Å². The van der Waals surface area contributed by atoms with Gasteiger partial charge in [-0.15, -0.1) is 11.6 Å². The normalized spacial score (nSPS) is 24.3. The minimum atomic E-state index is -3.43. The number of halogens is 2. The van der Waals surface area contributed by atoms with E-state index in [1.54, 1.807) is 24.3 Å². The first-order chi connectivity index (χ1) is 8.53. The van der Waals surface area contributed by atoms with Gasteiger partial charge in [-0.3, -0.25) is 0 Å². The molecule has 0 aromatic heterocycles. The summed E-state index contributed by atoms with van der Waals surface area (Å²) in [5.41, 5.74) is 0. The molecule has 1 aliphatic carbocycles. The number of alkyl halides is 1. The van der Waals surface area contributed by atoms with Crippen LogP contribution >= 0.6 is 27.5 Å². The lowest BCUT2D eigenvalue weighted by atomic mass is 10.1. The van der Waals surface area contributed by atoms with Gasteiger partial charge in [0.25, 0.3) is 0 Å². The van der Waals surface area contributed by atoms with Crippen LogP contribution in [0.25, 0.3) is 0 Å². The Balaban J connectivity index is 2.14. The lowest BCUT2D eigenvalue weighted by molar-refractivity contribution is 0.480. The fourth-order valence-corrected chi connectivity index (χ4v) is 4.23. The molecule has 3 nitrogen and oxygen atoms in total. The number of hydrogen-bond acceptors (Lipinski definition) is 2. The summed E-state index contributed by atoms with van der Waals surface area (Å²) in [7, 11) is -3.43. The van der Waals surface area contributed by atoms with E-state index in [1.165, 1.54) is 0 Å². The van der Waals surface area contributed by atoms with Crippen molar-refractivity contribution in [3.63, 3.8) is 0 Å². The molecule has 1 saturated carbocycles. The molecule has 2 rings (SSSR count). The van der Waals surface area contributed by atoms with Crippen LogP contribution in [0.5, 0.6) is 0 Å². The van der Waals surface area contributed by atoms with Gasteiger partial charge < -0.3 is 0 Å². The Bertz CT molecular complexity index is 503. The molecule has 1 aromatic carbocycles. The third-order valence-corrected chi connectivity index (χ3v) is 5.72. The van der Waals surface area contributed by atoms with Gasteiger partial charge in [-0.05, 0) is 43.0 Å². The van der Waals surface area contributed by atoms with E-state index in [0.29, 0.717) is 10.8 Å². The first-order valence-electron chi connectivity index (χ1n) is 5.87. The van der Waals surface area contributed by atoms with E-state index in [-0.39, 0.29) is 12.0 Å². The summed E-state index contributed by atoms with van der Waals surface area (Å²) < 4.78 is 28.0. The molecule has 0 radical (unpaired) electrons. The molecule has 0 aliphatic heterocycles. The molecule has 2 atom stereocenters. The highest BCUT2D eigenvalue weighted by Gasteiger charge is 2.30. The average molecular weight is 353 g/mol. The Morgan fingerprint density at radius 2 is 1.94 bits per heavy atom. The van der Waals surface area contributed by atoms with E-state index in [9.17, 15) is 8.42 Å². The van der Waals surface area contributed by atoms with Crippen LogP contribution in [-0.2, 0) is 10.0 Å². The molecule has 18 heavy (non-hydrogen) atoms. The maximum atomic E-state index is 12.2. The zero-order chi connectivity index (χ0) is 13.2. The quantitative estimate of drug-likeness (QED) is 0.846. The average Bonchev–Trinajstić information content (AvgIpc) is 2.76. The molecule has 100 valence electrons. The fraction of sp³-hybridized carbons (Fsp3) is 0.500. The van der Waals surface area contributed by atoms with Crippen molar-refractivity contribution in [3.8, 4) is 0 Å². The Morgan fingerprint density at radius 3 is 2.56 bits per heavy atom. The van der Waals surface area contributed by atoms with Crippen LogP contribution in [0.15, 0.2) is 33.6 Å². The lowest BCUT2D eigenvalue weighted by Crippen LogP contribution is -2.37. The second-order valence-corrected chi connectivity index (χ2v) is 7.47. The number of sulfonamides is 1. The summed E-state index contributed by atoms with van der Waals surface area (Å²) in [6.07, 6.45) is 2.90. The van der Waals surface area contributed by atoms with E-state index in [1.807, 2.05) is 0 Å². The van der Waals surface area contributed by atoms with E-state index < -0.39 is 10.0 Å². The lowest BCUT2D eigenvalue weighted by Gasteiger charge is -2.18. The molecule has 2 unspecified atom stereocenters. The fourth-order valence-electron chi connectivity index (χ4n) is 2.26. The Morgan fingerprint density at radius 1 is 1.28 bits per heavy atom. The van der Waals surface area contributed by atoms with E-state index in [2.05, 4.69) is 20.7 Å². The van der Waals surface area contributed by atoms with Crippen LogP contribution in [-0.4, -0.2) is 20.3 Å². The number of rotatable bonds is 4. The van der Waals surface area contributed by atoms with Crippen LogP contribution in [0.2, 0.25) is 0 Å². The van der Waals surface area contributed by atoms with E-state index in [4.69, 9.17) is 11.6 Å². The van der Waals surface area contributed by atoms with Crippen LogP contribution in [0.4, 0.5) is 0 Å². The molecule has 0 bridgehead atoms. The predicted octanol–water partition coefficient (Wildman–Crippen LogP) is 3.13. The van der Waals surface area contributed by atoms with Crippen molar-refractivity contribution in [1.29, 1.82) is 0 Å². The Kier molecular flexibility index (Phi) is 4.69. The van der Waals surface area contributed by atoms with Gasteiger partial charge in [-0.1, -0.05) is 22.4 Å². The maximum Gasteiger partial charge on any atom is 0.240 e. The van der Waals surface area contributed by atoms with E-state index in [0.717, 1.165) is 23.7 Å². The zero-order valence-electron chi connectivity index (χ0n) is 9.77. The molecule has 0 saturated heterocycles. The largest absolute Gasteiger partial charge is 0.240 e. The minimum Gasteiger partial charge on any atom is -0.208 e. The summed E-state index contributed by atoms with van der Waals surface area (Å²) in [4.78, 5) is 0.297. The number of hydrogen-bond donors (Lipinski definition) is 1. The first-order valence-corrected chi connectivity index (χ1v) is 8.68. The van der Waals surface area contributed by atoms with Crippen LogP contribution in [0.3, 0.4) is 0 Å². The molecule has 1 aliphatic rings. The van der Waals surface area contributed by atoms with Gasteiger partial charge in [0, 0.05) is 16.4 Å². The summed E-state index contributed by atoms with van der Waals surface area (Å²) >= 11 is 9.15. The first kappa shape index (κ1) is 14.3. The minimum absolute atomic E-state index is 0.0313. The van der Waals surface area contributed by atoms with Crippen molar-refractivity contribution in [3.05, 3.63) is 28.7 Å². The molecule has 1 aromatic rings. The van der Waals surface area contributed by atoms with E-state index >= 15 is 0 Å². The van der Waals surface area contributed by atoms with Crippen molar-refractivity contribution >= 4 is 37.6 Å². The highest BCUT2D eigenvalue weighted by atomic mass is 79.9. The standard InChI is InChI=1S/C12H15BrClNO2S/c13-10-4-6-11(7-5-10)18(16,17)15-12-3-1-2-9(12)8-14/h4-7,9,12,15H,1-3,8H2. The van der Waals surface area contributed by atoms with Crippen molar-refractivity contribution in [2.45, 2.75) is 30.2 Å². The SMILES string of the molecule is O=S(=O)(NC1CCCC1CCl)c1ccc(Br)cc1. The monoisotopic (exact) mass is 351 g/mol. The molecule has 6 heteroatoms. The third-order valence-electron chi connectivity index (χ3n) is 3.29. The van der Waals surface area contributed by atoms with Gasteiger partial charge >= 0.3 is 0 Å². The van der Waals surface area contributed by atoms with Gasteiger partial charge in [0.2, 0.25) is 10.0 Å². The second kappa shape index (κ2) is 5.90. The van der Waals surface area contributed by atoms with Gasteiger partial charge in [0.1, 0.15) is 0 Å². The molecule has 0 amide bonds. The summed E-state index contributed by atoms with van der Waals surface area (Å²) in [6, 6.07) is 6.61. The van der Waals surface area contributed by atoms with Crippen molar-refractivity contribution in [2.24, 2.45) is 5.92 Å². The van der Waals surface area contributed by atoms with Crippen LogP contribution in [0.1, 0.15) is 19.3 Å². The second-order valence-electron chi connectivity index (χ2n) is 4.53. The zero-order valence-corrected chi connectivity index (χ0v) is 12.9. The molecular weight excluding hydrogens is 338 g/mol. The summed E-state index contributed by atoms with van der Waals surface area (Å²) in [6.45, 7) is 0. The molecular formula is C12H15BrClNO2S. The molecule has 1 N–H and O–H groups in total. The van der Waals surface area contributed by atoms with Crippen molar-refractivity contribution in [2.75, 3.05) is 5.88 Å². The van der Waals surface area contributed by atoms with Gasteiger partial charge in [-0.25, -0.2) is 13.1 Å².